The van der Waals surface area contributed by atoms with Crippen LogP contribution >= 0.6 is 0 Å². The second-order valence-electron chi connectivity index (χ2n) is 9.00. The quantitative estimate of drug-likeness (QED) is 0.142. The topological polar surface area (TPSA) is 78.9 Å². The Balaban J connectivity index is -0.000000598. The molecule has 1 rings (SSSR count). The van der Waals surface area contributed by atoms with E-state index < -0.39 is 12.1 Å². The van der Waals surface area contributed by atoms with Gasteiger partial charge in [-0.15, -0.1) is 0 Å². The Morgan fingerprint density at radius 3 is 1.74 bits per heavy atom. The second-order valence-corrected chi connectivity index (χ2v) is 9.00. The second kappa shape index (κ2) is 26.2. The number of aryl methyl sites for hydroxylation is 1. The van der Waals surface area contributed by atoms with Gasteiger partial charge in [-0.3, -0.25) is 4.79 Å². The van der Waals surface area contributed by atoms with Crippen molar-refractivity contribution in [2.24, 2.45) is 11.8 Å². The first-order valence-corrected chi connectivity index (χ1v) is 14.7. The first kappa shape index (κ1) is 40.1. The molecule has 0 amide bonds. The molecule has 0 heterocycles. The van der Waals surface area contributed by atoms with Crippen LogP contribution in [0.5, 0.6) is 0 Å². The maximum atomic E-state index is 11.9. The number of unbranched alkanes of at least 4 members (excludes halogenated alkanes) is 3. The number of carbonyl (C=O) groups is 3. The van der Waals surface area contributed by atoms with Crippen LogP contribution in [0.4, 0.5) is 0 Å². The maximum Gasteiger partial charge on any atom is 0.347 e. The lowest BCUT2D eigenvalue weighted by molar-refractivity contribution is -0.168. The molecule has 0 N–H and O–H groups in total. The summed E-state index contributed by atoms with van der Waals surface area (Å²) in [5, 5.41) is 0. The normalized spacial score (nSPS) is 12.1. The van der Waals surface area contributed by atoms with Crippen molar-refractivity contribution in [3.05, 3.63) is 35.4 Å². The molecule has 0 aliphatic carbocycles. The molecule has 0 aromatic heterocycles. The van der Waals surface area contributed by atoms with Crippen molar-refractivity contribution in [2.45, 2.75) is 134 Å². The van der Waals surface area contributed by atoms with E-state index in [1.807, 2.05) is 65.8 Å². The molecular formula is C32H58O6. The smallest absolute Gasteiger partial charge is 0.347 e. The predicted molar refractivity (Wildman–Crippen MR) is 158 cm³/mol. The number of rotatable bonds is 13. The van der Waals surface area contributed by atoms with Crippen LogP contribution < -0.4 is 0 Å². The lowest BCUT2D eigenvalue weighted by Gasteiger charge is -2.16. The third-order valence-electron chi connectivity index (χ3n) is 5.67. The standard InChI is InChI=1S/C18H28O2.C10H18O4.2C2H6/c1-5-6-7-8-9-16-10-12-17(13-11-16)18(19)20-15(4)14(2)3;1-5-7(3)9(11)14-8(4)10(12)13-6-2;2*1-2/h10-15H,5-9H2,1-4H3;7-8H,5-6H2,1-4H3;2*1-2H3. The van der Waals surface area contributed by atoms with Gasteiger partial charge in [0, 0.05) is 0 Å². The maximum absolute atomic E-state index is 11.9. The van der Waals surface area contributed by atoms with Crippen LogP contribution in [0.1, 0.15) is 131 Å². The fourth-order valence-corrected chi connectivity index (χ4v) is 2.70. The fraction of sp³-hybridized carbons (Fsp3) is 0.719. The minimum absolute atomic E-state index is 0.0452. The Kier molecular flexibility index (Phi) is 27.7. The van der Waals surface area contributed by atoms with Gasteiger partial charge in [-0.1, -0.05) is 93.7 Å². The van der Waals surface area contributed by atoms with E-state index in [0.717, 1.165) is 6.42 Å². The van der Waals surface area contributed by atoms with Gasteiger partial charge in [-0.25, -0.2) is 9.59 Å². The fourth-order valence-electron chi connectivity index (χ4n) is 2.70. The van der Waals surface area contributed by atoms with Gasteiger partial charge in [0.05, 0.1) is 18.1 Å². The van der Waals surface area contributed by atoms with Crippen molar-refractivity contribution in [1.29, 1.82) is 0 Å². The largest absolute Gasteiger partial charge is 0.463 e. The monoisotopic (exact) mass is 538 g/mol. The molecule has 1 aromatic rings. The average molecular weight is 539 g/mol. The summed E-state index contributed by atoms with van der Waals surface area (Å²) in [6.45, 7) is 23.4. The number of esters is 3. The molecule has 3 atom stereocenters. The van der Waals surface area contributed by atoms with E-state index in [9.17, 15) is 14.4 Å². The van der Waals surface area contributed by atoms with Crippen LogP contribution in [0.3, 0.4) is 0 Å². The van der Waals surface area contributed by atoms with Gasteiger partial charge in [-0.2, -0.15) is 0 Å². The Morgan fingerprint density at radius 2 is 1.29 bits per heavy atom. The highest BCUT2D eigenvalue weighted by Gasteiger charge is 2.21. The summed E-state index contributed by atoms with van der Waals surface area (Å²) < 4.78 is 15.0. The average Bonchev–Trinajstić information content (AvgIpc) is 2.93. The first-order chi connectivity index (χ1) is 18.1. The van der Waals surface area contributed by atoms with E-state index in [1.54, 1.807) is 13.8 Å². The molecular weight excluding hydrogens is 480 g/mol. The van der Waals surface area contributed by atoms with Crippen molar-refractivity contribution in [1.82, 2.24) is 0 Å². The minimum Gasteiger partial charge on any atom is -0.463 e. The summed E-state index contributed by atoms with van der Waals surface area (Å²) in [4.78, 5) is 34.3. The van der Waals surface area contributed by atoms with Crippen LogP contribution in [-0.4, -0.2) is 36.7 Å². The van der Waals surface area contributed by atoms with Crippen LogP contribution in [0.25, 0.3) is 0 Å². The van der Waals surface area contributed by atoms with Gasteiger partial charge in [0.2, 0.25) is 0 Å². The molecule has 0 bridgehead atoms. The summed E-state index contributed by atoms with van der Waals surface area (Å²) in [6.07, 6.45) is 6.02. The number of hydrogen-bond donors (Lipinski definition) is 0. The van der Waals surface area contributed by atoms with Gasteiger partial charge in [0.25, 0.3) is 0 Å². The first-order valence-electron chi connectivity index (χ1n) is 14.7. The molecule has 222 valence electrons. The summed E-state index contributed by atoms with van der Waals surface area (Å²) >= 11 is 0. The van der Waals surface area contributed by atoms with Crippen molar-refractivity contribution in [3.8, 4) is 0 Å². The van der Waals surface area contributed by atoms with E-state index >= 15 is 0 Å². The zero-order chi connectivity index (χ0) is 30.1. The van der Waals surface area contributed by atoms with E-state index in [2.05, 4.69) is 20.8 Å². The summed E-state index contributed by atoms with van der Waals surface area (Å²) in [5.41, 5.74) is 1.95. The molecule has 0 aliphatic rings. The Morgan fingerprint density at radius 1 is 0.737 bits per heavy atom. The molecule has 0 radical (unpaired) electrons. The Bertz CT molecular complexity index is 711. The molecule has 0 aliphatic heterocycles. The van der Waals surface area contributed by atoms with Crippen molar-refractivity contribution in [2.75, 3.05) is 6.61 Å². The van der Waals surface area contributed by atoms with Crippen molar-refractivity contribution >= 4 is 17.9 Å². The summed E-state index contributed by atoms with van der Waals surface area (Å²) in [5.74, 6) is -0.899. The van der Waals surface area contributed by atoms with Crippen LogP contribution in [0.2, 0.25) is 0 Å². The molecule has 6 heteroatoms. The zero-order valence-electron chi connectivity index (χ0n) is 26.5. The van der Waals surface area contributed by atoms with Gasteiger partial charge in [0.1, 0.15) is 6.10 Å². The van der Waals surface area contributed by atoms with E-state index in [0.29, 0.717) is 24.5 Å². The molecule has 0 fully saturated rings. The molecule has 38 heavy (non-hydrogen) atoms. The van der Waals surface area contributed by atoms with Gasteiger partial charge < -0.3 is 14.2 Å². The molecule has 1 aromatic carbocycles. The Hall–Kier alpha value is -2.37. The third-order valence-corrected chi connectivity index (χ3v) is 5.67. The number of carbonyl (C=O) groups excluding carboxylic acids is 3. The van der Waals surface area contributed by atoms with Crippen LogP contribution in [-0.2, 0) is 30.2 Å². The van der Waals surface area contributed by atoms with Crippen LogP contribution in [0.15, 0.2) is 24.3 Å². The minimum atomic E-state index is -0.809. The van der Waals surface area contributed by atoms with E-state index in [-0.39, 0.29) is 24.0 Å². The SMILES string of the molecule is CC.CC.CCCCCCc1ccc(C(=O)OC(C)C(C)C)cc1.CCOC(=O)C(C)OC(=O)C(C)CC. The van der Waals surface area contributed by atoms with Crippen LogP contribution in [0, 0.1) is 11.8 Å². The zero-order valence-corrected chi connectivity index (χ0v) is 26.5. The predicted octanol–water partition coefficient (Wildman–Crippen LogP) is 8.59. The third kappa shape index (κ3) is 19.7. The Labute approximate surface area is 234 Å². The lowest BCUT2D eigenvalue weighted by atomic mass is 10.0. The highest BCUT2D eigenvalue weighted by Crippen LogP contribution is 2.13. The van der Waals surface area contributed by atoms with Crippen molar-refractivity contribution in [3.63, 3.8) is 0 Å². The number of benzene rings is 1. The number of hydrogen-bond acceptors (Lipinski definition) is 6. The molecule has 6 nitrogen and oxygen atoms in total. The highest BCUT2D eigenvalue weighted by molar-refractivity contribution is 5.89. The summed E-state index contributed by atoms with van der Waals surface area (Å²) in [6, 6.07) is 7.85. The van der Waals surface area contributed by atoms with Gasteiger partial charge >= 0.3 is 17.9 Å². The van der Waals surface area contributed by atoms with Gasteiger partial charge in [0.15, 0.2) is 6.10 Å². The summed E-state index contributed by atoms with van der Waals surface area (Å²) in [7, 11) is 0. The van der Waals surface area contributed by atoms with E-state index in [1.165, 1.54) is 38.2 Å². The molecule has 0 saturated heterocycles. The van der Waals surface area contributed by atoms with E-state index in [4.69, 9.17) is 14.2 Å². The molecule has 0 saturated carbocycles. The molecule has 3 unspecified atom stereocenters. The highest BCUT2D eigenvalue weighted by atomic mass is 16.6. The van der Waals surface area contributed by atoms with Gasteiger partial charge in [-0.05, 0) is 63.6 Å². The number of ether oxygens (including phenoxy) is 3. The lowest BCUT2D eigenvalue weighted by Crippen LogP contribution is -2.28. The molecule has 0 spiro atoms. The van der Waals surface area contributed by atoms with Crippen molar-refractivity contribution < 1.29 is 28.6 Å².